The zero-order chi connectivity index (χ0) is 33.1. The molecule has 0 aliphatic rings. The summed E-state index contributed by atoms with van der Waals surface area (Å²) in [5, 5.41) is 0. The van der Waals surface area contributed by atoms with Crippen LogP contribution in [-0.4, -0.2) is 22.6 Å². The molecule has 0 aliphatic carbocycles. The summed E-state index contributed by atoms with van der Waals surface area (Å²) < 4.78 is 12.7. The number of rotatable bonds is 10. The summed E-state index contributed by atoms with van der Waals surface area (Å²) >= 11 is 4.44. The van der Waals surface area contributed by atoms with E-state index in [0.717, 1.165) is 22.6 Å². The third-order valence-corrected chi connectivity index (χ3v) is 11.1. The second-order valence-corrected chi connectivity index (χ2v) is 16.8. The fraction of sp³-hybridized carbons (Fsp3) is 0.333. The van der Waals surface area contributed by atoms with Crippen molar-refractivity contribution < 1.29 is 45.4 Å². The standard InChI is InChI=1S/2C18H22OP.2ClH.2Pd/c2*1-14(2)20(15(3)4)19-18-13-9-8-12-17(18)16-10-6-5-7-11-16;;;;/h2*5-12,14-15H,1-4H3;2*1H;;/q2*-1;;;2*+2/p-2. The topological polar surface area (TPSA) is 18.5 Å². The minimum absolute atomic E-state index is 0.493. The minimum atomic E-state index is -0.493. The van der Waals surface area contributed by atoms with Gasteiger partial charge >= 0.3 is 55.4 Å². The van der Waals surface area contributed by atoms with Crippen molar-refractivity contribution in [1.82, 2.24) is 0 Å². The third-order valence-electron chi connectivity index (χ3n) is 6.24. The summed E-state index contributed by atoms with van der Waals surface area (Å²) in [6.07, 6.45) is 0. The van der Waals surface area contributed by atoms with E-state index in [4.69, 9.17) is 9.05 Å². The van der Waals surface area contributed by atoms with Gasteiger partial charge in [0.15, 0.2) is 0 Å². The van der Waals surface area contributed by atoms with Gasteiger partial charge in [-0.2, -0.15) is 36.4 Å². The van der Waals surface area contributed by atoms with Crippen LogP contribution >= 0.6 is 35.4 Å². The predicted molar refractivity (Wildman–Crippen MR) is 189 cm³/mol. The summed E-state index contributed by atoms with van der Waals surface area (Å²) in [5.41, 5.74) is 6.79. The van der Waals surface area contributed by atoms with Crippen molar-refractivity contribution in [2.24, 2.45) is 0 Å². The maximum absolute atomic E-state index is 6.33. The second-order valence-electron chi connectivity index (χ2n) is 10.8. The van der Waals surface area contributed by atoms with E-state index in [1.54, 1.807) is 0 Å². The number of benzene rings is 4. The summed E-state index contributed by atoms with van der Waals surface area (Å²) in [7, 11) is 7.99. The fourth-order valence-corrected chi connectivity index (χ4v) is 8.46. The number of halogens is 2. The van der Waals surface area contributed by atoms with Crippen LogP contribution in [0, 0.1) is 12.1 Å². The van der Waals surface area contributed by atoms with Gasteiger partial charge in [0.1, 0.15) is 0 Å². The molecular weight excluding hydrogens is 810 g/mol. The Hall–Kier alpha value is -0.755. The quantitative estimate of drug-likeness (QED) is 0.0899. The average molecular weight is 854 g/mol. The van der Waals surface area contributed by atoms with Crippen molar-refractivity contribution in [1.29, 1.82) is 0 Å². The molecule has 0 spiro atoms. The molecule has 44 heavy (non-hydrogen) atoms. The van der Waals surface area contributed by atoms with Crippen molar-refractivity contribution >= 4 is 35.4 Å². The number of hydrogen-bond donors (Lipinski definition) is 0. The molecule has 0 N–H and O–H groups in total. The maximum atomic E-state index is 6.33. The van der Waals surface area contributed by atoms with Gasteiger partial charge in [-0.3, -0.25) is 0 Å². The fourth-order valence-electron chi connectivity index (χ4n) is 4.51. The van der Waals surface area contributed by atoms with Crippen LogP contribution in [0.2, 0.25) is 0 Å². The third kappa shape index (κ3) is 13.9. The van der Waals surface area contributed by atoms with E-state index in [-0.39, 0.29) is 0 Å². The van der Waals surface area contributed by atoms with E-state index in [0.29, 0.717) is 22.6 Å². The first-order valence-corrected chi connectivity index (χ1v) is 21.3. The van der Waals surface area contributed by atoms with Gasteiger partial charge in [0, 0.05) is 34.1 Å². The Morgan fingerprint density at radius 3 is 1.05 bits per heavy atom. The van der Waals surface area contributed by atoms with Crippen LogP contribution in [0.4, 0.5) is 0 Å². The van der Waals surface area contributed by atoms with E-state index in [1.165, 1.54) is 11.1 Å². The van der Waals surface area contributed by atoms with Gasteiger partial charge in [-0.1, -0.05) is 138 Å². The Bertz CT molecular complexity index is 1180. The molecule has 244 valence electrons. The molecular formula is C36H44Cl2O2P2Pd2. The van der Waals surface area contributed by atoms with Gasteiger partial charge in [-0.25, -0.2) is 0 Å². The van der Waals surface area contributed by atoms with Crippen LogP contribution in [0.1, 0.15) is 55.4 Å². The molecule has 0 amide bonds. The molecule has 0 aromatic heterocycles. The van der Waals surface area contributed by atoms with Crippen LogP contribution < -0.4 is 9.05 Å². The van der Waals surface area contributed by atoms with E-state index in [2.05, 4.69) is 184 Å². The molecule has 0 radical (unpaired) electrons. The van der Waals surface area contributed by atoms with Gasteiger partial charge in [-0.15, -0.1) is 12.1 Å². The zero-order valence-electron chi connectivity index (χ0n) is 26.6. The Labute approximate surface area is 299 Å². The Morgan fingerprint density at radius 1 is 0.477 bits per heavy atom. The first-order valence-electron chi connectivity index (χ1n) is 14.5. The molecule has 0 atom stereocenters. The van der Waals surface area contributed by atoms with E-state index in [1.807, 2.05) is 36.4 Å². The molecule has 0 heterocycles. The molecule has 0 bridgehead atoms. The summed E-state index contributed by atoms with van der Waals surface area (Å²) in [4.78, 5) is 0. The Kier molecular flexibility index (Phi) is 22.1. The van der Waals surface area contributed by atoms with Gasteiger partial charge in [0.25, 0.3) is 0 Å². The van der Waals surface area contributed by atoms with Crippen LogP contribution in [0.25, 0.3) is 22.3 Å². The normalized spacial score (nSPS) is 10.6. The Balaban J connectivity index is 0.000000395. The summed E-state index contributed by atoms with van der Waals surface area (Å²) in [6.45, 7) is 17.9. The molecule has 0 saturated heterocycles. The number of para-hydroxylation sites is 2. The first kappa shape index (κ1) is 41.3. The molecule has 0 aliphatic heterocycles. The van der Waals surface area contributed by atoms with Gasteiger partial charge in [-0.05, 0) is 0 Å². The summed E-state index contributed by atoms with van der Waals surface area (Å²) in [6, 6.07) is 39.4. The average Bonchev–Trinajstić information content (AvgIpc) is 3.05. The van der Waals surface area contributed by atoms with Crippen molar-refractivity contribution in [2.45, 2.75) is 78.0 Å². The molecule has 4 rings (SSSR count). The summed E-state index contributed by atoms with van der Waals surface area (Å²) in [5.74, 6) is 1.76. The molecule has 4 aromatic rings. The van der Waals surface area contributed by atoms with Crippen molar-refractivity contribution in [2.75, 3.05) is 0 Å². The molecule has 8 heteroatoms. The molecule has 0 unspecified atom stereocenters. The van der Waals surface area contributed by atoms with Gasteiger partial charge in [0.05, 0.1) is 16.3 Å². The predicted octanol–water partition coefficient (Wildman–Crippen LogP) is 12.9. The molecule has 0 saturated carbocycles. The van der Waals surface area contributed by atoms with E-state index < -0.39 is 16.3 Å². The zero-order valence-corrected chi connectivity index (χ0v) is 33.1. The molecule has 2 nitrogen and oxygen atoms in total. The molecule has 4 aromatic carbocycles. The molecule has 0 fully saturated rings. The monoisotopic (exact) mass is 852 g/mol. The number of hydrogen-bond acceptors (Lipinski definition) is 2. The SMILES string of the molecule is CC(C)P(Oc1[c-]cccc1-c1ccccc1)C(C)C.CC(C)P(Oc1[c-]cccc1-c1ccccc1)C(C)C.[Cl][Pd+].[Cl][Pd+]. The first-order chi connectivity index (χ1) is 21.2. The van der Waals surface area contributed by atoms with E-state index >= 15 is 0 Å². The van der Waals surface area contributed by atoms with E-state index in [9.17, 15) is 0 Å². The van der Waals surface area contributed by atoms with Gasteiger partial charge in [0.2, 0.25) is 0 Å². The van der Waals surface area contributed by atoms with Crippen LogP contribution in [0.15, 0.2) is 97.1 Å². The second kappa shape index (κ2) is 23.5. The van der Waals surface area contributed by atoms with Crippen LogP contribution in [0.5, 0.6) is 11.5 Å². The Morgan fingerprint density at radius 2 is 0.773 bits per heavy atom. The van der Waals surface area contributed by atoms with Crippen molar-refractivity contribution in [3.8, 4) is 33.8 Å². The van der Waals surface area contributed by atoms with Gasteiger partial charge < -0.3 is 9.05 Å². The van der Waals surface area contributed by atoms with Crippen molar-refractivity contribution in [3.63, 3.8) is 0 Å². The van der Waals surface area contributed by atoms with Crippen LogP contribution in [-0.2, 0) is 36.4 Å². The van der Waals surface area contributed by atoms with Crippen molar-refractivity contribution in [3.05, 3.63) is 109 Å². The van der Waals surface area contributed by atoms with Crippen LogP contribution in [0.3, 0.4) is 0 Å².